The van der Waals surface area contributed by atoms with Gasteiger partial charge in [0, 0.05) is 30.3 Å². The molecule has 0 saturated carbocycles. The molecule has 3 unspecified atom stereocenters. The second-order valence-corrected chi connectivity index (χ2v) is 6.61. The van der Waals surface area contributed by atoms with Crippen molar-refractivity contribution in [3.63, 3.8) is 0 Å². The quantitative estimate of drug-likeness (QED) is 0.928. The average Bonchev–Trinajstić information content (AvgIpc) is 3.14. The molecular weight excluding hydrogens is 304 g/mol. The predicted octanol–water partition coefficient (Wildman–Crippen LogP) is 3.63. The average molecular weight is 328 g/mol. The molecule has 6 nitrogen and oxygen atoms in total. The Labute approximate surface area is 142 Å². The lowest BCUT2D eigenvalue weighted by Crippen LogP contribution is -2.35. The fourth-order valence-corrected chi connectivity index (χ4v) is 3.53. The minimum absolute atomic E-state index is 0.0905. The van der Waals surface area contributed by atoms with Crippen molar-refractivity contribution in [3.05, 3.63) is 30.2 Å². The van der Waals surface area contributed by atoms with Crippen LogP contribution in [0.4, 0.5) is 5.69 Å². The number of anilines is 1. The van der Waals surface area contributed by atoms with Gasteiger partial charge in [-0.1, -0.05) is 5.16 Å². The van der Waals surface area contributed by atoms with Crippen molar-refractivity contribution < 1.29 is 9.32 Å². The molecule has 0 aliphatic carbocycles. The zero-order chi connectivity index (χ0) is 17.3. The molecule has 2 aromatic rings. The number of hydrogen-bond donors (Lipinski definition) is 1. The van der Waals surface area contributed by atoms with Crippen molar-refractivity contribution in [1.82, 2.24) is 15.0 Å². The van der Waals surface area contributed by atoms with Crippen LogP contribution >= 0.6 is 0 Å². The molecule has 3 rings (SSSR count). The van der Waals surface area contributed by atoms with E-state index < -0.39 is 0 Å². The Morgan fingerprint density at radius 3 is 2.46 bits per heavy atom. The predicted molar refractivity (Wildman–Crippen MR) is 92.4 cm³/mol. The standard InChI is InChI=1S/C18H24N4O2/c1-11-5-6-12(2)22(11)13(3)18-20-17(21-24-18)15-7-9-16(10-8-15)19-14(4)23/h7-13H,5-6H2,1-4H3,(H,19,23). The first kappa shape index (κ1) is 16.6. The summed E-state index contributed by atoms with van der Waals surface area (Å²) in [4.78, 5) is 18.1. The van der Waals surface area contributed by atoms with E-state index in [-0.39, 0.29) is 11.9 Å². The molecule has 1 aromatic carbocycles. The fraction of sp³-hybridized carbons (Fsp3) is 0.500. The van der Waals surface area contributed by atoms with E-state index in [9.17, 15) is 4.79 Å². The largest absolute Gasteiger partial charge is 0.337 e. The first-order chi connectivity index (χ1) is 11.5. The van der Waals surface area contributed by atoms with E-state index in [1.807, 2.05) is 24.3 Å². The van der Waals surface area contributed by atoms with Crippen LogP contribution in [0.2, 0.25) is 0 Å². The van der Waals surface area contributed by atoms with Crippen LogP contribution in [0.3, 0.4) is 0 Å². The normalized spacial score (nSPS) is 22.5. The van der Waals surface area contributed by atoms with Crippen molar-refractivity contribution >= 4 is 11.6 Å². The van der Waals surface area contributed by atoms with Gasteiger partial charge in [-0.2, -0.15) is 4.98 Å². The van der Waals surface area contributed by atoms with Gasteiger partial charge >= 0.3 is 0 Å². The van der Waals surface area contributed by atoms with Gasteiger partial charge in [0.15, 0.2) is 0 Å². The van der Waals surface area contributed by atoms with Crippen molar-refractivity contribution in [1.29, 1.82) is 0 Å². The van der Waals surface area contributed by atoms with Crippen molar-refractivity contribution in [3.8, 4) is 11.4 Å². The second kappa shape index (κ2) is 6.73. The molecule has 1 saturated heterocycles. The summed E-state index contributed by atoms with van der Waals surface area (Å²) < 4.78 is 5.51. The summed E-state index contributed by atoms with van der Waals surface area (Å²) in [6, 6.07) is 8.60. The zero-order valence-corrected chi connectivity index (χ0v) is 14.6. The lowest BCUT2D eigenvalue weighted by atomic mass is 10.2. The van der Waals surface area contributed by atoms with E-state index in [0.717, 1.165) is 11.3 Å². The summed E-state index contributed by atoms with van der Waals surface area (Å²) in [7, 11) is 0. The Kier molecular flexibility index (Phi) is 4.66. The minimum atomic E-state index is -0.0905. The molecule has 0 bridgehead atoms. The lowest BCUT2D eigenvalue weighted by Gasteiger charge is -2.30. The smallest absolute Gasteiger partial charge is 0.244 e. The van der Waals surface area contributed by atoms with Crippen LogP contribution in [0.1, 0.15) is 52.5 Å². The third kappa shape index (κ3) is 3.33. The van der Waals surface area contributed by atoms with Crippen molar-refractivity contribution in [2.45, 2.75) is 58.7 Å². The van der Waals surface area contributed by atoms with Crippen molar-refractivity contribution in [2.75, 3.05) is 5.32 Å². The van der Waals surface area contributed by atoms with Gasteiger partial charge in [-0.25, -0.2) is 0 Å². The number of carbonyl (C=O) groups excluding carboxylic acids is 1. The van der Waals surface area contributed by atoms with Gasteiger partial charge in [0.2, 0.25) is 17.6 Å². The third-order valence-corrected chi connectivity index (χ3v) is 4.73. The number of benzene rings is 1. The molecule has 128 valence electrons. The highest BCUT2D eigenvalue weighted by Crippen LogP contribution is 2.33. The van der Waals surface area contributed by atoms with Crippen LogP contribution in [0.5, 0.6) is 0 Å². The second-order valence-electron chi connectivity index (χ2n) is 6.61. The third-order valence-electron chi connectivity index (χ3n) is 4.73. The van der Waals surface area contributed by atoms with Crippen LogP contribution in [0, 0.1) is 0 Å². The van der Waals surface area contributed by atoms with E-state index in [4.69, 9.17) is 4.52 Å². The van der Waals surface area contributed by atoms with Gasteiger partial charge < -0.3 is 9.84 Å². The SMILES string of the molecule is CC(=O)Nc1ccc(-c2noc(C(C)N3C(C)CCC3C)n2)cc1. The van der Waals surface area contributed by atoms with Gasteiger partial charge in [-0.05, 0) is 57.9 Å². The van der Waals surface area contributed by atoms with Gasteiger partial charge in [-0.3, -0.25) is 9.69 Å². The first-order valence-electron chi connectivity index (χ1n) is 8.44. The summed E-state index contributed by atoms with van der Waals surface area (Å²) in [5.74, 6) is 1.13. The van der Waals surface area contributed by atoms with Gasteiger partial charge in [-0.15, -0.1) is 0 Å². The number of hydrogen-bond acceptors (Lipinski definition) is 5. The molecule has 6 heteroatoms. The number of likely N-dealkylation sites (tertiary alicyclic amines) is 1. The van der Waals surface area contributed by atoms with E-state index in [0.29, 0.717) is 23.8 Å². The Hall–Kier alpha value is -2.21. The van der Waals surface area contributed by atoms with Gasteiger partial charge in [0.1, 0.15) is 0 Å². The van der Waals surface area contributed by atoms with Crippen LogP contribution < -0.4 is 5.32 Å². The van der Waals surface area contributed by atoms with E-state index in [2.05, 4.69) is 41.1 Å². The number of rotatable bonds is 4. The van der Waals surface area contributed by atoms with Crippen LogP contribution in [0.25, 0.3) is 11.4 Å². The summed E-state index contributed by atoms with van der Waals surface area (Å²) in [6.07, 6.45) is 2.41. The molecule has 2 heterocycles. The molecule has 24 heavy (non-hydrogen) atoms. The highest BCUT2D eigenvalue weighted by atomic mass is 16.5. The molecule has 1 aromatic heterocycles. The molecule has 1 aliphatic heterocycles. The fourth-order valence-electron chi connectivity index (χ4n) is 3.53. The topological polar surface area (TPSA) is 71.3 Å². The summed E-state index contributed by atoms with van der Waals surface area (Å²) in [5.41, 5.74) is 1.62. The van der Waals surface area contributed by atoms with Crippen molar-refractivity contribution in [2.24, 2.45) is 0 Å². The highest BCUT2D eigenvalue weighted by molar-refractivity contribution is 5.88. The molecular formula is C18H24N4O2. The molecule has 1 aliphatic rings. The maximum atomic E-state index is 11.1. The Morgan fingerprint density at radius 2 is 1.88 bits per heavy atom. The summed E-state index contributed by atoms with van der Waals surface area (Å²) in [5, 5.41) is 6.86. The van der Waals surface area contributed by atoms with E-state index in [1.54, 1.807) is 0 Å². The maximum Gasteiger partial charge on any atom is 0.244 e. The minimum Gasteiger partial charge on any atom is -0.337 e. The summed E-state index contributed by atoms with van der Waals surface area (Å²) >= 11 is 0. The van der Waals surface area contributed by atoms with E-state index in [1.165, 1.54) is 19.8 Å². The maximum absolute atomic E-state index is 11.1. The molecule has 0 radical (unpaired) electrons. The Balaban J connectivity index is 1.76. The number of carbonyl (C=O) groups is 1. The molecule has 1 amide bonds. The highest BCUT2D eigenvalue weighted by Gasteiger charge is 2.34. The lowest BCUT2D eigenvalue weighted by molar-refractivity contribution is -0.114. The van der Waals surface area contributed by atoms with Gasteiger partial charge in [0.05, 0.1) is 6.04 Å². The number of aromatic nitrogens is 2. The number of nitrogens with zero attached hydrogens (tertiary/aromatic N) is 3. The number of nitrogens with one attached hydrogen (secondary N) is 1. The Bertz CT molecular complexity index is 700. The summed E-state index contributed by atoms with van der Waals surface area (Å²) in [6.45, 7) is 8.10. The van der Waals surface area contributed by atoms with Crippen LogP contribution in [-0.4, -0.2) is 33.0 Å². The molecule has 1 N–H and O–H groups in total. The van der Waals surface area contributed by atoms with Gasteiger partial charge in [0.25, 0.3) is 0 Å². The van der Waals surface area contributed by atoms with Crippen LogP contribution in [0.15, 0.2) is 28.8 Å². The monoisotopic (exact) mass is 328 g/mol. The Morgan fingerprint density at radius 1 is 1.25 bits per heavy atom. The van der Waals surface area contributed by atoms with Crippen LogP contribution in [-0.2, 0) is 4.79 Å². The first-order valence-corrected chi connectivity index (χ1v) is 8.44. The molecule has 1 fully saturated rings. The van der Waals surface area contributed by atoms with E-state index >= 15 is 0 Å². The molecule has 3 atom stereocenters. The zero-order valence-electron chi connectivity index (χ0n) is 14.6. The number of amides is 1. The molecule has 0 spiro atoms.